The highest BCUT2D eigenvalue weighted by molar-refractivity contribution is 4.66. The molecule has 0 heterocycles. The number of aliphatic hydroxyl groups is 1. The molecule has 0 aliphatic carbocycles. The minimum atomic E-state index is -0.299. The summed E-state index contributed by atoms with van der Waals surface area (Å²) in [4.78, 5) is 0. The van der Waals surface area contributed by atoms with Crippen molar-refractivity contribution in [2.45, 2.75) is 78.0 Å². The molecular weight excluding hydrogens is 174 g/mol. The molecule has 2 heteroatoms. The Morgan fingerprint density at radius 1 is 1.00 bits per heavy atom. The van der Waals surface area contributed by atoms with Crippen LogP contribution in [0.1, 0.15) is 65.7 Å². The van der Waals surface area contributed by atoms with E-state index in [2.05, 4.69) is 26.1 Å². The molecule has 2 N–H and O–H groups in total. The molecule has 2 atom stereocenters. The predicted molar refractivity (Wildman–Crippen MR) is 62.3 cm³/mol. The predicted octanol–water partition coefficient (Wildman–Crippen LogP) is 3.05. The summed E-state index contributed by atoms with van der Waals surface area (Å²) in [5.74, 6) is 0. The van der Waals surface area contributed by atoms with E-state index in [1.165, 1.54) is 25.7 Å². The first kappa shape index (κ1) is 13.9. The van der Waals surface area contributed by atoms with E-state index in [1.54, 1.807) is 0 Å². The van der Waals surface area contributed by atoms with Crippen LogP contribution in [0.2, 0.25) is 0 Å². The van der Waals surface area contributed by atoms with Crippen LogP contribution in [0.5, 0.6) is 0 Å². The van der Waals surface area contributed by atoms with Crippen molar-refractivity contribution in [3.63, 3.8) is 0 Å². The van der Waals surface area contributed by atoms with Gasteiger partial charge in [-0.3, -0.25) is 5.32 Å². The number of unbranched alkanes of at least 4 members (excludes halogenated alkanes) is 2. The van der Waals surface area contributed by atoms with Crippen molar-refractivity contribution in [1.82, 2.24) is 5.32 Å². The lowest BCUT2D eigenvalue weighted by atomic mass is 10.1. The van der Waals surface area contributed by atoms with Gasteiger partial charge >= 0.3 is 0 Å². The Labute approximate surface area is 89.1 Å². The smallest absolute Gasteiger partial charge is 0.105 e. The van der Waals surface area contributed by atoms with Crippen LogP contribution in [0, 0.1) is 0 Å². The van der Waals surface area contributed by atoms with Crippen LogP contribution in [0.3, 0.4) is 0 Å². The molecule has 0 aromatic heterocycles. The summed E-state index contributed by atoms with van der Waals surface area (Å²) in [6, 6.07) is 0.503. The quantitative estimate of drug-likeness (QED) is 0.444. The van der Waals surface area contributed by atoms with Crippen LogP contribution in [0.25, 0.3) is 0 Å². The molecule has 0 aromatic carbocycles. The lowest BCUT2D eigenvalue weighted by Crippen LogP contribution is -2.37. The lowest BCUT2D eigenvalue weighted by molar-refractivity contribution is 0.109. The minimum absolute atomic E-state index is 0.299. The van der Waals surface area contributed by atoms with Crippen LogP contribution in [0.15, 0.2) is 0 Å². The summed E-state index contributed by atoms with van der Waals surface area (Å²) in [6.07, 6.45) is 7.78. The molecule has 0 amide bonds. The number of rotatable bonds is 9. The van der Waals surface area contributed by atoms with Crippen LogP contribution >= 0.6 is 0 Å². The van der Waals surface area contributed by atoms with Gasteiger partial charge in [-0.2, -0.15) is 0 Å². The lowest BCUT2D eigenvalue weighted by Gasteiger charge is -2.20. The van der Waals surface area contributed by atoms with Gasteiger partial charge in [0.2, 0.25) is 0 Å². The Hall–Kier alpha value is -0.0800. The summed E-state index contributed by atoms with van der Waals surface area (Å²) in [5.41, 5.74) is 0. The van der Waals surface area contributed by atoms with E-state index in [-0.39, 0.29) is 6.23 Å². The zero-order valence-corrected chi connectivity index (χ0v) is 10.1. The second-order valence-corrected chi connectivity index (χ2v) is 4.07. The minimum Gasteiger partial charge on any atom is -0.379 e. The van der Waals surface area contributed by atoms with E-state index in [1.807, 2.05) is 0 Å². The van der Waals surface area contributed by atoms with E-state index in [0.29, 0.717) is 6.04 Å². The topological polar surface area (TPSA) is 32.3 Å². The van der Waals surface area contributed by atoms with Crippen LogP contribution in [-0.2, 0) is 0 Å². The van der Waals surface area contributed by atoms with Crippen LogP contribution in [-0.4, -0.2) is 17.4 Å². The fourth-order valence-electron chi connectivity index (χ4n) is 1.67. The Bertz CT molecular complexity index is 117. The molecule has 14 heavy (non-hydrogen) atoms. The summed E-state index contributed by atoms with van der Waals surface area (Å²) >= 11 is 0. The van der Waals surface area contributed by atoms with Gasteiger partial charge in [0.05, 0.1) is 0 Å². The molecule has 0 fully saturated rings. The maximum absolute atomic E-state index is 9.60. The third-order valence-electron chi connectivity index (χ3n) is 2.64. The average molecular weight is 201 g/mol. The van der Waals surface area contributed by atoms with Crippen molar-refractivity contribution < 1.29 is 5.11 Å². The molecule has 0 aromatic rings. The van der Waals surface area contributed by atoms with Gasteiger partial charge in [-0.05, 0) is 19.3 Å². The van der Waals surface area contributed by atoms with Gasteiger partial charge in [-0.15, -0.1) is 0 Å². The van der Waals surface area contributed by atoms with Crippen molar-refractivity contribution in [3.05, 3.63) is 0 Å². The molecule has 0 rings (SSSR count). The third-order valence-corrected chi connectivity index (χ3v) is 2.64. The monoisotopic (exact) mass is 201 g/mol. The molecule has 0 saturated heterocycles. The Morgan fingerprint density at radius 3 is 2.21 bits per heavy atom. The van der Waals surface area contributed by atoms with Gasteiger partial charge < -0.3 is 5.11 Å². The zero-order chi connectivity index (χ0) is 10.8. The summed E-state index contributed by atoms with van der Waals surface area (Å²) in [7, 11) is 0. The van der Waals surface area contributed by atoms with Crippen molar-refractivity contribution in [2.24, 2.45) is 0 Å². The van der Waals surface area contributed by atoms with Crippen molar-refractivity contribution in [1.29, 1.82) is 0 Å². The molecule has 0 aliphatic rings. The first-order chi connectivity index (χ1) is 6.74. The standard InChI is InChI=1S/C12H27NO/c1-4-7-8-10-11(6-3)13-12(14)9-5-2/h11-14H,4-10H2,1-3H3. The Kier molecular flexibility index (Phi) is 9.42. The number of aliphatic hydroxyl groups excluding tert-OH is 1. The summed E-state index contributed by atoms with van der Waals surface area (Å²) < 4.78 is 0. The fraction of sp³-hybridized carbons (Fsp3) is 1.00. The van der Waals surface area contributed by atoms with Gasteiger partial charge in [-0.1, -0.05) is 46.5 Å². The molecule has 0 aliphatic heterocycles. The first-order valence-electron chi connectivity index (χ1n) is 6.18. The number of nitrogens with one attached hydrogen (secondary N) is 1. The average Bonchev–Trinajstić information content (AvgIpc) is 2.17. The molecular formula is C12H27NO. The van der Waals surface area contributed by atoms with Gasteiger partial charge in [0.1, 0.15) is 6.23 Å². The first-order valence-corrected chi connectivity index (χ1v) is 6.18. The summed E-state index contributed by atoms with van der Waals surface area (Å²) in [6.45, 7) is 6.51. The largest absolute Gasteiger partial charge is 0.379 e. The third kappa shape index (κ3) is 7.34. The van der Waals surface area contributed by atoms with Crippen molar-refractivity contribution >= 4 is 0 Å². The maximum Gasteiger partial charge on any atom is 0.105 e. The van der Waals surface area contributed by atoms with Crippen molar-refractivity contribution in [3.8, 4) is 0 Å². The second kappa shape index (κ2) is 9.47. The molecule has 86 valence electrons. The number of hydrogen-bond donors (Lipinski definition) is 2. The Morgan fingerprint density at radius 2 is 1.71 bits per heavy atom. The van der Waals surface area contributed by atoms with Gasteiger partial charge in [-0.25, -0.2) is 0 Å². The molecule has 2 unspecified atom stereocenters. The SMILES string of the molecule is CCCCCC(CC)NC(O)CCC. The summed E-state index contributed by atoms with van der Waals surface area (Å²) in [5, 5.41) is 12.9. The van der Waals surface area contributed by atoms with E-state index in [4.69, 9.17) is 0 Å². The molecule has 2 nitrogen and oxygen atoms in total. The maximum atomic E-state index is 9.60. The van der Waals surface area contributed by atoms with Crippen molar-refractivity contribution in [2.75, 3.05) is 0 Å². The van der Waals surface area contributed by atoms with Gasteiger partial charge in [0.15, 0.2) is 0 Å². The van der Waals surface area contributed by atoms with Crippen LogP contribution < -0.4 is 5.32 Å². The highest BCUT2D eigenvalue weighted by Gasteiger charge is 2.09. The molecule has 0 bridgehead atoms. The fourth-order valence-corrected chi connectivity index (χ4v) is 1.67. The van der Waals surface area contributed by atoms with E-state index in [9.17, 15) is 5.11 Å². The van der Waals surface area contributed by atoms with E-state index in [0.717, 1.165) is 19.3 Å². The second-order valence-electron chi connectivity index (χ2n) is 4.07. The normalized spacial score (nSPS) is 15.4. The number of hydrogen-bond acceptors (Lipinski definition) is 2. The van der Waals surface area contributed by atoms with Gasteiger partial charge in [0, 0.05) is 6.04 Å². The van der Waals surface area contributed by atoms with E-state index < -0.39 is 0 Å². The Balaban J connectivity index is 3.55. The van der Waals surface area contributed by atoms with Crippen LogP contribution in [0.4, 0.5) is 0 Å². The highest BCUT2D eigenvalue weighted by atomic mass is 16.3. The van der Waals surface area contributed by atoms with Gasteiger partial charge in [0.25, 0.3) is 0 Å². The molecule has 0 saturated carbocycles. The highest BCUT2D eigenvalue weighted by Crippen LogP contribution is 2.07. The molecule has 0 radical (unpaired) electrons. The van der Waals surface area contributed by atoms with E-state index >= 15 is 0 Å². The molecule has 0 spiro atoms. The zero-order valence-electron chi connectivity index (χ0n) is 10.1.